The van der Waals surface area contributed by atoms with Gasteiger partial charge in [0.25, 0.3) is 0 Å². The number of carbonyl (C=O) groups is 1. The van der Waals surface area contributed by atoms with E-state index in [1.54, 1.807) is 6.33 Å². The molecule has 1 aliphatic heterocycles. The molecule has 1 amide bonds. The van der Waals surface area contributed by atoms with Gasteiger partial charge in [0.05, 0.1) is 5.69 Å². The van der Waals surface area contributed by atoms with Crippen molar-refractivity contribution < 1.29 is 18.3 Å². The number of allylic oxidation sites excluding steroid dienone is 2. The minimum absolute atomic E-state index is 0.0618. The number of benzene rings is 1. The molecule has 2 heterocycles. The van der Waals surface area contributed by atoms with Crippen LogP contribution in [-0.2, 0) is 11.2 Å². The van der Waals surface area contributed by atoms with Crippen LogP contribution in [0.15, 0.2) is 30.6 Å². The second-order valence-corrected chi connectivity index (χ2v) is 11.2. The number of aryl methyl sites for hydroxylation is 2. The Bertz CT molecular complexity index is 1120. The third-order valence-electron chi connectivity index (χ3n) is 6.65. The summed E-state index contributed by atoms with van der Waals surface area (Å²) in [6.07, 6.45) is 7.76. The fourth-order valence-corrected chi connectivity index (χ4v) is 4.80. The lowest BCUT2D eigenvalue weighted by atomic mass is 9.99. The van der Waals surface area contributed by atoms with Crippen LogP contribution in [0.3, 0.4) is 0 Å². The highest BCUT2D eigenvalue weighted by molar-refractivity contribution is 5.79. The number of hydrogen-bond donors (Lipinski definition) is 0. The zero-order chi connectivity index (χ0) is 28.0. The van der Waals surface area contributed by atoms with Crippen molar-refractivity contribution in [2.24, 2.45) is 5.92 Å². The topological polar surface area (TPSA) is 58.6 Å². The third kappa shape index (κ3) is 7.98. The fraction of sp³-hybridized carbons (Fsp3) is 0.567. The van der Waals surface area contributed by atoms with Crippen LogP contribution in [0.1, 0.15) is 77.6 Å². The van der Waals surface area contributed by atoms with Crippen molar-refractivity contribution in [3.8, 4) is 0 Å². The Morgan fingerprint density at radius 2 is 1.79 bits per heavy atom. The van der Waals surface area contributed by atoms with Gasteiger partial charge in [-0.3, -0.25) is 0 Å². The molecule has 2 aliphatic rings. The standard InChI is InChI=1S/C21H32N4O2.C9H10F2/c1-7-17(16-8-9-16)18-15(3)22-13-23-19(18)24-10-11-25(14(2)12-24)20(26)27-21(4,5)6;1-2-3-7-4-8(10)6-9(11)5-7/h7,13-14,16H,8-12H2,1-6H3;4-6H,2-3H2,1H3/b17-7-;. The van der Waals surface area contributed by atoms with Gasteiger partial charge < -0.3 is 14.5 Å². The summed E-state index contributed by atoms with van der Waals surface area (Å²) in [5.41, 5.74) is 3.83. The Labute approximate surface area is 226 Å². The molecule has 1 unspecified atom stereocenters. The van der Waals surface area contributed by atoms with E-state index in [9.17, 15) is 13.6 Å². The van der Waals surface area contributed by atoms with E-state index < -0.39 is 17.2 Å². The number of hydrogen-bond acceptors (Lipinski definition) is 5. The summed E-state index contributed by atoms with van der Waals surface area (Å²) in [6, 6.07) is 3.69. The van der Waals surface area contributed by atoms with Gasteiger partial charge in [0.1, 0.15) is 29.4 Å². The largest absolute Gasteiger partial charge is 0.444 e. The maximum absolute atomic E-state index is 12.5. The zero-order valence-corrected chi connectivity index (χ0v) is 23.9. The number of aromatic nitrogens is 2. The average molecular weight is 529 g/mol. The lowest BCUT2D eigenvalue weighted by Gasteiger charge is -2.41. The number of carbonyl (C=O) groups excluding carboxylic acids is 1. The number of rotatable bonds is 5. The van der Waals surface area contributed by atoms with Gasteiger partial charge in [-0.25, -0.2) is 23.5 Å². The summed E-state index contributed by atoms with van der Waals surface area (Å²) in [5, 5.41) is 0. The minimum Gasteiger partial charge on any atom is -0.444 e. The van der Waals surface area contributed by atoms with Gasteiger partial charge in [0.2, 0.25) is 0 Å². The van der Waals surface area contributed by atoms with E-state index in [1.807, 2.05) is 32.6 Å². The summed E-state index contributed by atoms with van der Waals surface area (Å²) in [5.74, 6) is 0.652. The molecule has 6 nitrogen and oxygen atoms in total. The molecule has 208 valence electrons. The predicted octanol–water partition coefficient (Wildman–Crippen LogP) is 6.96. The van der Waals surface area contributed by atoms with Crippen LogP contribution < -0.4 is 4.90 Å². The van der Waals surface area contributed by atoms with Crippen LogP contribution in [0, 0.1) is 24.5 Å². The molecule has 1 saturated carbocycles. The molecule has 2 aromatic rings. The van der Waals surface area contributed by atoms with Gasteiger partial charge in [-0.05, 0) is 90.0 Å². The van der Waals surface area contributed by atoms with Crippen LogP contribution in [0.5, 0.6) is 0 Å². The van der Waals surface area contributed by atoms with Crippen molar-refractivity contribution in [2.75, 3.05) is 24.5 Å². The van der Waals surface area contributed by atoms with Gasteiger partial charge in [0, 0.05) is 37.3 Å². The first-order valence-electron chi connectivity index (χ1n) is 13.6. The molecule has 1 aromatic carbocycles. The molecular formula is C30H42F2N4O2. The summed E-state index contributed by atoms with van der Waals surface area (Å²) >= 11 is 0. The maximum Gasteiger partial charge on any atom is 0.410 e. The second kappa shape index (κ2) is 12.7. The van der Waals surface area contributed by atoms with E-state index >= 15 is 0 Å². The Kier molecular flexibility index (Phi) is 9.85. The van der Waals surface area contributed by atoms with E-state index in [0.717, 1.165) is 49.1 Å². The van der Waals surface area contributed by atoms with Crippen LogP contribution in [0.2, 0.25) is 0 Å². The van der Waals surface area contributed by atoms with Gasteiger partial charge >= 0.3 is 6.09 Å². The van der Waals surface area contributed by atoms with Crippen molar-refractivity contribution in [1.82, 2.24) is 14.9 Å². The summed E-state index contributed by atoms with van der Waals surface area (Å²) in [4.78, 5) is 25.7. The van der Waals surface area contributed by atoms with E-state index in [0.29, 0.717) is 12.5 Å². The van der Waals surface area contributed by atoms with Crippen molar-refractivity contribution in [2.45, 2.75) is 85.8 Å². The lowest BCUT2D eigenvalue weighted by molar-refractivity contribution is 0.0158. The van der Waals surface area contributed by atoms with Gasteiger partial charge in [0.15, 0.2) is 0 Å². The van der Waals surface area contributed by atoms with Crippen molar-refractivity contribution in [1.29, 1.82) is 0 Å². The quantitative estimate of drug-likeness (QED) is 0.420. The molecule has 8 heteroatoms. The highest BCUT2D eigenvalue weighted by Gasteiger charge is 2.34. The van der Waals surface area contributed by atoms with Crippen molar-refractivity contribution in [3.63, 3.8) is 0 Å². The van der Waals surface area contributed by atoms with E-state index in [1.165, 1.54) is 36.1 Å². The first-order chi connectivity index (χ1) is 17.9. The number of halogens is 2. The maximum atomic E-state index is 12.5. The van der Waals surface area contributed by atoms with Crippen LogP contribution in [0.4, 0.5) is 19.4 Å². The predicted molar refractivity (Wildman–Crippen MR) is 148 cm³/mol. The molecular weight excluding hydrogens is 486 g/mol. The monoisotopic (exact) mass is 528 g/mol. The van der Waals surface area contributed by atoms with Gasteiger partial charge in [-0.2, -0.15) is 0 Å². The molecule has 0 bridgehead atoms. The molecule has 38 heavy (non-hydrogen) atoms. The minimum atomic E-state index is -0.492. The fourth-order valence-electron chi connectivity index (χ4n) is 4.80. The summed E-state index contributed by atoms with van der Waals surface area (Å²) in [6.45, 7) is 16.0. The van der Waals surface area contributed by atoms with E-state index in [4.69, 9.17) is 4.74 Å². The molecule has 1 aromatic heterocycles. The SMILES string of the molecule is C/C=C(\c1c(C)ncnc1N1CCN(C(=O)OC(C)(C)C)C(C)C1)C1CC1.CCCc1cc(F)cc(F)c1. The number of piperazine rings is 1. The smallest absolute Gasteiger partial charge is 0.410 e. The van der Waals surface area contributed by atoms with Crippen LogP contribution in [0.25, 0.3) is 5.57 Å². The summed E-state index contributed by atoms with van der Waals surface area (Å²) < 4.78 is 30.6. The molecule has 1 saturated heterocycles. The summed E-state index contributed by atoms with van der Waals surface area (Å²) in [7, 11) is 0. The number of nitrogens with zero attached hydrogens (tertiary/aromatic N) is 4. The Morgan fingerprint density at radius 1 is 1.13 bits per heavy atom. The molecule has 0 radical (unpaired) electrons. The molecule has 4 rings (SSSR count). The zero-order valence-electron chi connectivity index (χ0n) is 23.9. The highest BCUT2D eigenvalue weighted by Crippen LogP contribution is 2.45. The first kappa shape index (κ1) is 29.5. The Balaban J connectivity index is 0.000000304. The Morgan fingerprint density at radius 3 is 2.32 bits per heavy atom. The first-order valence-corrected chi connectivity index (χ1v) is 13.6. The van der Waals surface area contributed by atoms with Crippen molar-refractivity contribution in [3.05, 3.63) is 59.1 Å². The van der Waals surface area contributed by atoms with Crippen molar-refractivity contribution >= 4 is 17.5 Å². The molecule has 0 spiro atoms. The van der Waals surface area contributed by atoms with Crippen LogP contribution in [-0.4, -0.2) is 52.2 Å². The lowest BCUT2D eigenvalue weighted by Crippen LogP contribution is -2.55. The molecule has 1 atom stereocenters. The molecule has 2 fully saturated rings. The van der Waals surface area contributed by atoms with E-state index in [-0.39, 0.29) is 12.1 Å². The molecule has 0 N–H and O–H groups in total. The number of anilines is 1. The van der Waals surface area contributed by atoms with Gasteiger partial charge in [-0.1, -0.05) is 19.4 Å². The van der Waals surface area contributed by atoms with Gasteiger partial charge in [-0.15, -0.1) is 0 Å². The van der Waals surface area contributed by atoms with E-state index in [2.05, 4.69) is 41.7 Å². The number of amides is 1. The normalized spacial score (nSPS) is 18.1. The average Bonchev–Trinajstić information content (AvgIpc) is 3.64. The third-order valence-corrected chi connectivity index (χ3v) is 6.65. The highest BCUT2D eigenvalue weighted by atomic mass is 19.1. The number of ether oxygens (including phenoxy) is 1. The second-order valence-electron chi connectivity index (χ2n) is 11.2. The van der Waals surface area contributed by atoms with Crippen LogP contribution >= 0.6 is 0 Å². The molecule has 1 aliphatic carbocycles. The Hall–Kier alpha value is -3.03.